The van der Waals surface area contributed by atoms with Crippen molar-refractivity contribution >= 4 is 63.3 Å². The molecule has 0 spiro atoms. The topological polar surface area (TPSA) is 149 Å². The highest BCUT2D eigenvalue weighted by atomic mass is 32.2. The molecule has 0 bridgehead atoms. The minimum absolute atomic E-state index is 0.0700. The Hall–Kier alpha value is -3.40. The molecule has 4 aromatic carbocycles. The molecule has 0 saturated carbocycles. The first kappa shape index (κ1) is 26.2. The SMILES string of the molecule is [2H]/N=N\c1c(SOOO)cc2c(SOOO)c(Nc3cc(C)cc(N(CC)c4ccccc4)c3)ccc2c1O. The second-order valence-electron chi connectivity index (χ2n) is 7.92. The number of hydrogen-bond donors (Lipinski definition) is 5. The molecule has 13 heteroatoms. The third-order valence-electron chi connectivity index (χ3n) is 5.62. The number of nitrogens with zero attached hydrogens (tertiary/aromatic N) is 2. The van der Waals surface area contributed by atoms with Crippen molar-refractivity contribution in [2.75, 3.05) is 16.8 Å². The number of para-hydroxylation sites is 1. The zero-order chi connectivity index (χ0) is 27.8. The smallest absolute Gasteiger partial charge is 0.214 e. The van der Waals surface area contributed by atoms with Crippen molar-refractivity contribution < 1.29 is 35.8 Å². The van der Waals surface area contributed by atoms with E-state index in [1.165, 1.54) is 0 Å². The first-order chi connectivity index (χ1) is 19.0. The number of aromatic hydroxyl groups is 1. The Balaban J connectivity index is 1.82. The lowest BCUT2D eigenvalue weighted by atomic mass is 10.1. The van der Waals surface area contributed by atoms with Crippen LogP contribution in [0.2, 0.25) is 1.41 Å². The summed E-state index contributed by atoms with van der Waals surface area (Å²) in [5.74, 6) is -0.301. The first-order valence-corrected chi connectivity index (χ1v) is 12.7. The number of rotatable bonds is 12. The van der Waals surface area contributed by atoms with Gasteiger partial charge in [0.15, 0.2) is 5.75 Å². The molecule has 0 aromatic heterocycles. The van der Waals surface area contributed by atoms with Gasteiger partial charge in [0.25, 0.3) is 0 Å². The van der Waals surface area contributed by atoms with E-state index in [-0.39, 0.29) is 16.3 Å². The second kappa shape index (κ2) is 12.9. The van der Waals surface area contributed by atoms with E-state index in [2.05, 4.69) is 48.3 Å². The third kappa shape index (κ3) is 6.01. The van der Waals surface area contributed by atoms with Crippen molar-refractivity contribution in [3.8, 4) is 5.75 Å². The number of hydrogen-bond acceptors (Lipinski definition) is 13. The van der Waals surface area contributed by atoms with Crippen LogP contribution < -0.4 is 10.2 Å². The van der Waals surface area contributed by atoms with Crippen molar-refractivity contribution in [3.05, 3.63) is 72.3 Å². The molecule has 0 atom stereocenters. The summed E-state index contributed by atoms with van der Waals surface area (Å²) in [5, 5.41) is 43.7. The predicted octanol–water partition coefficient (Wildman–Crippen LogP) is 8.27. The van der Waals surface area contributed by atoms with Crippen LogP contribution in [0.3, 0.4) is 0 Å². The molecule has 11 nitrogen and oxygen atoms in total. The van der Waals surface area contributed by atoms with Crippen LogP contribution in [0.1, 0.15) is 12.5 Å². The molecule has 0 radical (unpaired) electrons. The minimum atomic E-state index is -0.301. The van der Waals surface area contributed by atoms with Gasteiger partial charge < -0.3 is 15.3 Å². The maximum Gasteiger partial charge on any atom is 0.214 e. The average molecular weight is 558 g/mol. The van der Waals surface area contributed by atoms with Gasteiger partial charge in [0.1, 0.15) is 5.69 Å². The fourth-order valence-electron chi connectivity index (χ4n) is 4.11. The van der Waals surface area contributed by atoms with Gasteiger partial charge in [-0.1, -0.05) is 28.3 Å². The molecule has 0 heterocycles. The van der Waals surface area contributed by atoms with E-state index in [1.807, 2.05) is 49.4 Å². The third-order valence-corrected chi connectivity index (χ3v) is 6.98. The van der Waals surface area contributed by atoms with Crippen molar-refractivity contribution in [3.63, 3.8) is 0 Å². The van der Waals surface area contributed by atoms with Crippen LogP contribution in [0, 0.1) is 12.4 Å². The number of fused-ring (bicyclic) bond motifs is 1. The quantitative estimate of drug-likeness (QED) is 0.0495. The summed E-state index contributed by atoms with van der Waals surface area (Å²) in [6.07, 6.45) is 0. The van der Waals surface area contributed by atoms with E-state index in [0.717, 1.165) is 29.2 Å². The highest BCUT2D eigenvalue weighted by Crippen LogP contribution is 2.48. The highest BCUT2D eigenvalue weighted by molar-refractivity contribution is 7.95. The summed E-state index contributed by atoms with van der Waals surface area (Å²) in [7, 11) is 0. The zero-order valence-corrected chi connectivity index (χ0v) is 21.8. The van der Waals surface area contributed by atoms with Gasteiger partial charge in [-0.15, -0.1) is 8.67 Å². The Labute approximate surface area is 228 Å². The minimum Gasteiger partial charge on any atom is -0.505 e. The fraction of sp³-hybridized carbons (Fsp3) is 0.120. The molecule has 198 valence electrons. The van der Waals surface area contributed by atoms with Crippen molar-refractivity contribution in [1.29, 1.82) is 5.52 Å². The summed E-state index contributed by atoms with van der Waals surface area (Å²) in [6.45, 7) is 4.83. The number of aryl methyl sites for hydroxylation is 1. The molecule has 0 aliphatic rings. The van der Waals surface area contributed by atoms with Crippen LogP contribution in [0.4, 0.5) is 28.4 Å². The largest absolute Gasteiger partial charge is 0.505 e. The maximum atomic E-state index is 10.9. The zero-order valence-electron chi connectivity index (χ0n) is 21.2. The van der Waals surface area contributed by atoms with Gasteiger partial charge in [-0.25, -0.2) is 16.0 Å². The lowest BCUT2D eigenvalue weighted by Gasteiger charge is -2.25. The van der Waals surface area contributed by atoms with Gasteiger partial charge in [0.2, 0.25) is 1.41 Å². The van der Waals surface area contributed by atoms with Gasteiger partial charge in [-0.3, -0.25) is 0 Å². The van der Waals surface area contributed by atoms with Gasteiger partial charge in [0, 0.05) is 34.4 Å². The van der Waals surface area contributed by atoms with Crippen LogP contribution in [0.5, 0.6) is 5.75 Å². The number of benzene rings is 4. The number of anilines is 4. The average Bonchev–Trinajstić information content (AvgIpc) is 2.93. The highest BCUT2D eigenvalue weighted by Gasteiger charge is 2.20. The molecule has 4 rings (SSSR count). The molecule has 0 fully saturated rings. The van der Waals surface area contributed by atoms with Crippen LogP contribution in [0.15, 0.2) is 81.6 Å². The second-order valence-corrected chi connectivity index (χ2v) is 9.38. The Bertz CT molecular complexity index is 1460. The van der Waals surface area contributed by atoms with E-state index in [1.54, 1.807) is 18.2 Å². The normalized spacial score (nSPS) is 11.7. The van der Waals surface area contributed by atoms with E-state index in [4.69, 9.17) is 16.3 Å². The molecule has 5 N–H and O–H groups in total. The summed E-state index contributed by atoms with van der Waals surface area (Å²) in [6, 6.07) is 21.1. The molecule has 38 heavy (non-hydrogen) atoms. The van der Waals surface area contributed by atoms with Crippen LogP contribution in [0.25, 0.3) is 10.8 Å². The van der Waals surface area contributed by atoms with Crippen molar-refractivity contribution in [2.24, 2.45) is 5.11 Å². The number of phenols is 1. The molecule has 4 aromatic rings. The summed E-state index contributed by atoms with van der Waals surface area (Å²) in [4.78, 5) is 2.79. The Kier molecular flexibility index (Phi) is 8.90. The van der Waals surface area contributed by atoms with E-state index < -0.39 is 0 Å². The number of phenolic OH excluding ortho intramolecular Hbond substituents is 1. The van der Waals surface area contributed by atoms with E-state index in [0.29, 0.717) is 45.4 Å². The monoisotopic (exact) mass is 557 g/mol. The van der Waals surface area contributed by atoms with Gasteiger partial charge in [-0.05, 0) is 67.9 Å². The summed E-state index contributed by atoms with van der Waals surface area (Å²) >= 11 is 1.23. The molecule has 0 aliphatic carbocycles. The van der Waals surface area contributed by atoms with Crippen molar-refractivity contribution in [1.82, 2.24) is 0 Å². The van der Waals surface area contributed by atoms with Crippen LogP contribution >= 0.6 is 24.1 Å². The van der Waals surface area contributed by atoms with Crippen LogP contribution in [-0.4, -0.2) is 22.2 Å². The van der Waals surface area contributed by atoms with Gasteiger partial charge in [0.05, 0.1) is 39.6 Å². The Morgan fingerprint density at radius 1 is 0.974 bits per heavy atom. The summed E-state index contributed by atoms with van der Waals surface area (Å²) in [5.41, 5.74) is 7.33. The summed E-state index contributed by atoms with van der Waals surface area (Å²) < 4.78 is 16.4. The lowest BCUT2D eigenvalue weighted by molar-refractivity contribution is -0.432. The van der Waals surface area contributed by atoms with Crippen molar-refractivity contribution in [2.45, 2.75) is 23.6 Å². The molecular weight excluding hydrogens is 532 g/mol. The molecular formula is C25H24N4O7S2. The molecule has 0 aliphatic heterocycles. The predicted molar refractivity (Wildman–Crippen MR) is 145 cm³/mol. The Morgan fingerprint density at radius 3 is 2.45 bits per heavy atom. The lowest BCUT2D eigenvalue weighted by Crippen LogP contribution is -2.16. The van der Waals surface area contributed by atoms with E-state index >= 15 is 0 Å². The molecule has 0 amide bonds. The Morgan fingerprint density at radius 2 is 1.74 bits per heavy atom. The maximum absolute atomic E-state index is 10.9. The van der Waals surface area contributed by atoms with Gasteiger partial charge >= 0.3 is 0 Å². The number of nitrogens with one attached hydrogen (secondary N) is 2. The fourth-order valence-corrected chi connectivity index (χ4v) is 5.16. The first-order valence-electron chi connectivity index (χ1n) is 11.6. The van der Waals surface area contributed by atoms with E-state index in [9.17, 15) is 5.11 Å². The standard InChI is InChI=1S/C25H24N4O7S2/c1-3-29(17-7-5-4-6-8-17)18-12-15(2)11-16(13-18)27-21-10-9-19-20(25(21)38-36-34-32)14-22(37-35-33-31)23(28-26)24(19)30/h4-14,26-27,30-32H,3H2,1-2H3/b28-26-/i/hD. The van der Waals surface area contributed by atoms with Crippen LogP contribution in [-0.2, 0) is 18.7 Å². The molecule has 0 unspecified atom stereocenters. The van der Waals surface area contributed by atoms with Gasteiger partial charge in [-0.2, -0.15) is 5.11 Å². The molecule has 0 saturated heterocycles.